The highest BCUT2D eigenvalue weighted by atomic mass is 16.4. The molecular weight excluding hydrogens is 272 g/mol. The minimum Gasteiger partial charge on any atom is -0.481 e. The van der Waals surface area contributed by atoms with Crippen molar-refractivity contribution >= 4 is 5.97 Å². The van der Waals surface area contributed by atoms with Gasteiger partial charge in [0.2, 0.25) is 0 Å². The number of carboxylic acid groups (broad SMARTS) is 1. The van der Waals surface area contributed by atoms with Gasteiger partial charge in [0, 0.05) is 0 Å². The maximum atomic E-state index is 12.1. The lowest BCUT2D eigenvalue weighted by atomic mass is 9.72. The van der Waals surface area contributed by atoms with Gasteiger partial charge in [-0.1, -0.05) is 80.4 Å². The number of hydrogen-bond acceptors (Lipinski definition) is 1. The summed E-state index contributed by atoms with van der Waals surface area (Å²) >= 11 is 0. The highest BCUT2D eigenvalue weighted by Crippen LogP contribution is 2.35. The van der Waals surface area contributed by atoms with Crippen LogP contribution >= 0.6 is 0 Å². The maximum absolute atomic E-state index is 12.1. The number of unbranched alkanes of at least 4 members (excludes halogenated alkanes) is 1. The third-order valence-corrected chi connectivity index (χ3v) is 4.38. The first kappa shape index (κ1) is 16.3. The first-order valence-electron chi connectivity index (χ1n) is 8.02. The Bertz CT molecular complexity index is 577. The Labute approximate surface area is 132 Å². The summed E-state index contributed by atoms with van der Waals surface area (Å²) in [6.45, 7) is 2.11. The van der Waals surface area contributed by atoms with Gasteiger partial charge in [-0.3, -0.25) is 4.79 Å². The Hall–Kier alpha value is -2.09. The Balaban J connectivity index is 2.29. The first-order chi connectivity index (χ1) is 10.7. The zero-order chi connectivity index (χ0) is 15.8. The molecule has 0 aliphatic rings. The average molecular weight is 296 g/mol. The topological polar surface area (TPSA) is 37.3 Å². The molecular formula is C20H24O2. The predicted molar refractivity (Wildman–Crippen MR) is 90.0 cm³/mol. The standard InChI is InChI=1S/C20H24O2/c1-2-3-15-20(19(21)22,18-12-8-5-9-13-18)16-14-17-10-6-4-7-11-17/h4-13H,2-3,14-16H2,1H3,(H,21,22)/t20-/m0/s1. The van der Waals surface area contributed by atoms with E-state index in [1.165, 1.54) is 5.56 Å². The molecule has 1 N–H and O–H groups in total. The number of hydrogen-bond donors (Lipinski definition) is 1. The second-order valence-corrected chi connectivity index (χ2v) is 5.84. The van der Waals surface area contributed by atoms with E-state index in [1.807, 2.05) is 48.5 Å². The van der Waals surface area contributed by atoms with Crippen LogP contribution in [0.2, 0.25) is 0 Å². The van der Waals surface area contributed by atoms with E-state index in [4.69, 9.17) is 0 Å². The fraction of sp³-hybridized carbons (Fsp3) is 0.350. The van der Waals surface area contributed by atoms with Crippen molar-refractivity contribution in [1.29, 1.82) is 0 Å². The monoisotopic (exact) mass is 296 g/mol. The van der Waals surface area contributed by atoms with Crippen molar-refractivity contribution in [1.82, 2.24) is 0 Å². The molecule has 2 nitrogen and oxygen atoms in total. The second kappa shape index (κ2) is 7.79. The molecule has 22 heavy (non-hydrogen) atoms. The molecule has 1 atom stereocenters. The Morgan fingerprint density at radius 2 is 1.55 bits per heavy atom. The molecule has 0 amide bonds. The lowest BCUT2D eigenvalue weighted by molar-refractivity contribution is -0.144. The van der Waals surface area contributed by atoms with Crippen molar-refractivity contribution in [2.24, 2.45) is 0 Å². The van der Waals surface area contributed by atoms with E-state index in [-0.39, 0.29) is 0 Å². The van der Waals surface area contributed by atoms with Crippen LogP contribution in [0.1, 0.15) is 43.7 Å². The molecule has 0 saturated carbocycles. The van der Waals surface area contributed by atoms with Gasteiger partial charge in [-0.05, 0) is 30.4 Å². The molecule has 2 aromatic rings. The van der Waals surface area contributed by atoms with Crippen LogP contribution in [-0.4, -0.2) is 11.1 Å². The van der Waals surface area contributed by atoms with Crippen LogP contribution in [0.15, 0.2) is 60.7 Å². The van der Waals surface area contributed by atoms with Crippen LogP contribution in [0.25, 0.3) is 0 Å². The van der Waals surface area contributed by atoms with Crippen molar-refractivity contribution in [3.05, 3.63) is 71.8 Å². The van der Waals surface area contributed by atoms with E-state index in [0.717, 1.165) is 24.8 Å². The van der Waals surface area contributed by atoms with Crippen molar-refractivity contribution in [3.63, 3.8) is 0 Å². The molecule has 2 aromatic carbocycles. The van der Waals surface area contributed by atoms with Crippen LogP contribution in [0.4, 0.5) is 0 Å². The molecule has 0 aliphatic carbocycles. The summed E-state index contributed by atoms with van der Waals surface area (Å²) in [6, 6.07) is 19.8. The molecule has 2 rings (SSSR count). The van der Waals surface area contributed by atoms with Gasteiger partial charge in [-0.2, -0.15) is 0 Å². The third kappa shape index (κ3) is 3.76. The number of aryl methyl sites for hydroxylation is 1. The zero-order valence-electron chi connectivity index (χ0n) is 13.2. The van der Waals surface area contributed by atoms with Crippen LogP contribution in [0, 0.1) is 0 Å². The van der Waals surface area contributed by atoms with Gasteiger partial charge in [-0.15, -0.1) is 0 Å². The normalized spacial score (nSPS) is 13.5. The van der Waals surface area contributed by atoms with Crippen molar-refractivity contribution in [2.45, 2.75) is 44.4 Å². The largest absolute Gasteiger partial charge is 0.481 e. The van der Waals surface area contributed by atoms with Gasteiger partial charge >= 0.3 is 5.97 Å². The van der Waals surface area contributed by atoms with Gasteiger partial charge < -0.3 is 5.11 Å². The van der Waals surface area contributed by atoms with Gasteiger partial charge in [0.1, 0.15) is 0 Å². The van der Waals surface area contributed by atoms with Gasteiger partial charge in [-0.25, -0.2) is 0 Å². The lowest BCUT2D eigenvalue weighted by Gasteiger charge is -2.30. The summed E-state index contributed by atoms with van der Waals surface area (Å²) in [7, 11) is 0. The molecule has 0 saturated heterocycles. The van der Waals surface area contributed by atoms with E-state index in [2.05, 4.69) is 19.1 Å². The Kier molecular flexibility index (Phi) is 5.76. The van der Waals surface area contributed by atoms with Gasteiger partial charge in [0.15, 0.2) is 0 Å². The average Bonchev–Trinajstić information content (AvgIpc) is 2.57. The number of aliphatic carboxylic acids is 1. The molecule has 0 bridgehead atoms. The number of carboxylic acids is 1. The van der Waals surface area contributed by atoms with Crippen molar-refractivity contribution in [3.8, 4) is 0 Å². The number of rotatable bonds is 8. The zero-order valence-corrected chi connectivity index (χ0v) is 13.2. The summed E-state index contributed by atoms with van der Waals surface area (Å²) in [5, 5.41) is 9.98. The fourth-order valence-corrected chi connectivity index (χ4v) is 2.99. The van der Waals surface area contributed by atoms with E-state index in [1.54, 1.807) is 0 Å². The summed E-state index contributed by atoms with van der Waals surface area (Å²) in [5.74, 6) is -0.705. The van der Waals surface area contributed by atoms with Crippen molar-refractivity contribution in [2.75, 3.05) is 0 Å². The molecule has 0 spiro atoms. The minimum atomic E-state index is -0.785. The van der Waals surface area contributed by atoms with E-state index < -0.39 is 11.4 Å². The smallest absolute Gasteiger partial charge is 0.314 e. The Morgan fingerprint density at radius 3 is 2.09 bits per heavy atom. The van der Waals surface area contributed by atoms with Crippen LogP contribution in [-0.2, 0) is 16.6 Å². The molecule has 116 valence electrons. The SMILES string of the molecule is CCCC[C@@](CCc1ccccc1)(C(=O)O)c1ccccc1. The predicted octanol–water partition coefficient (Wildman–Crippen LogP) is 4.83. The summed E-state index contributed by atoms with van der Waals surface area (Å²) in [6.07, 6.45) is 4.04. The van der Waals surface area contributed by atoms with E-state index in [9.17, 15) is 9.90 Å². The van der Waals surface area contributed by atoms with E-state index in [0.29, 0.717) is 12.8 Å². The first-order valence-corrected chi connectivity index (χ1v) is 8.02. The summed E-state index contributed by atoms with van der Waals surface area (Å²) in [5.41, 5.74) is 1.33. The summed E-state index contributed by atoms with van der Waals surface area (Å²) < 4.78 is 0. The van der Waals surface area contributed by atoms with Gasteiger partial charge in [0.05, 0.1) is 5.41 Å². The Morgan fingerprint density at radius 1 is 0.955 bits per heavy atom. The number of carbonyl (C=O) groups is 1. The number of benzene rings is 2. The van der Waals surface area contributed by atoms with E-state index >= 15 is 0 Å². The summed E-state index contributed by atoms with van der Waals surface area (Å²) in [4.78, 5) is 12.1. The fourth-order valence-electron chi connectivity index (χ4n) is 2.99. The minimum absolute atomic E-state index is 0.635. The third-order valence-electron chi connectivity index (χ3n) is 4.38. The molecule has 0 radical (unpaired) electrons. The quantitative estimate of drug-likeness (QED) is 0.757. The highest BCUT2D eigenvalue weighted by Gasteiger charge is 2.39. The van der Waals surface area contributed by atoms with Crippen LogP contribution in [0.3, 0.4) is 0 Å². The molecule has 2 heteroatoms. The lowest BCUT2D eigenvalue weighted by Crippen LogP contribution is -2.36. The molecule has 0 aliphatic heterocycles. The molecule has 0 heterocycles. The molecule has 0 unspecified atom stereocenters. The second-order valence-electron chi connectivity index (χ2n) is 5.84. The van der Waals surface area contributed by atoms with Crippen molar-refractivity contribution < 1.29 is 9.90 Å². The maximum Gasteiger partial charge on any atom is 0.314 e. The molecule has 0 aromatic heterocycles. The van der Waals surface area contributed by atoms with Gasteiger partial charge in [0.25, 0.3) is 0 Å². The van der Waals surface area contributed by atoms with Crippen LogP contribution in [0.5, 0.6) is 0 Å². The van der Waals surface area contributed by atoms with Crippen LogP contribution < -0.4 is 0 Å². The highest BCUT2D eigenvalue weighted by molar-refractivity contribution is 5.81. The molecule has 0 fully saturated rings.